The molecule has 0 atom stereocenters. The molecular formula is C48H48F3N3O5. The van der Waals surface area contributed by atoms with Gasteiger partial charge < -0.3 is 38.4 Å². The zero-order valence-electron chi connectivity index (χ0n) is 33.7. The van der Waals surface area contributed by atoms with E-state index < -0.39 is 22.8 Å². The van der Waals surface area contributed by atoms with Gasteiger partial charge in [-0.05, 0) is 82.2 Å². The molecule has 1 aliphatic carbocycles. The Morgan fingerprint density at radius 2 is 1.19 bits per heavy atom. The van der Waals surface area contributed by atoms with E-state index in [2.05, 4.69) is 87.5 Å². The zero-order chi connectivity index (χ0) is 40.5. The predicted molar refractivity (Wildman–Crippen MR) is 225 cm³/mol. The van der Waals surface area contributed by atoms with Gasteiger partial charge in [-0.2, -0.15) is 13.2 Å². The van der Waals surface area contributed by atoms with Gasteiger partial charge in [0, 0.05) is 78.1 Å². The smallest absolute Gasteiger partial charge is 0.416 e. The maximum absolute atomic E-state index is 14.3. The number of rotatable bonds is 6. The molecule has 8 nitrogen and oxygen atoms in total. The Morgan fingerprint density at radius 3 is 1.71 bits per heavy atom. The van der Waals surface area contributed by atoms with Gasteiger partial charge in [0.1, 0.15) is 11.5 Å². The third-order valence-electron chi connectivity index (χ3n) is 13.0. The van der Waals surface area contributed by atoms with E-state index in [1.165, 1.54) is 12.1 Å². The molecule has 10 rings (SSSR count). The molecule has 0 N–H and O–H groups in total. The summed E-state index contributed by atoms with van der Waals surface area (Å²) in [6.07, 6.45) is -0.201. The molecule has 3 fully saturated rings. The summed E-state index contributed by atoms with van der Waals surface area (Å²) in [6.45, 7) is 12.7. The quantitative estimate of drug-likeness (QED) is 0.169. The maximum Gasteiger partial charge on any atom is 0.416 e. The van der Waals surface area contributed by atoms with Crippen LogP contribution in [0.3, 0.4) is 0 Å². The van der Waals surface area contributed by atoms with Crippen LogP contribution in [0.1, 0.15) is 47.2 Å². The molecule has 5 aliphatic rings. The number of morpholine rings is 3. The average molecular weight is 804 g/mol. The topological polar surface area (TPSA) is 55.9 Å². The maximum atomic E-state index is 14.3. The molecular weight excluding hydrogens is 756 g/mol. The normalized spacial score (nSPS) is 19.6. The molecule has 0 unspecified atom stereocenters. The lowest BCUT2D eigenvalue weighted by molar-refractivity contribution is -0.137. The van der Waals surface area contributed by atoms with E-state index in [0.717, 1.165) is 87.4 Å². The first-order chi connectivity index (χ1) is 28.6. The molecule has 306 valence electrons. The van der Waals surface area contributed by atoms with Crippen LogP contribution in [-0.2, 0) is 31.4 Å². The fourth-order valence-electron chi connectivity index (χ4n) is 9.85. The summed E-state index contributed by atoms with van der Waals surface area (Å²) in [4.78, 5) is 6.94. The van der Waals surface area contributed by atoms with E-state index in [-0.39, 0.29) is 0 Å². The molecule has 59 heavy (non-hydrogen) atoms. The number of benzene rings is 5. The highest BCUT2D eigenvalue weighted by Gasteiger charge is 2.46. The van der Waals surface area contributed by atoms with Crippen LogP contribution in [-0.4, -0.2) is 86.0 Å². The predicted octanol–water partition coefficient (Wildman–Crippen LogP) is 9.03. The highest BCUT2D eigenvalue weighted by atomic mass is 19.4. The van der Waals surface area contributed by atoms with Crippen LogP contribution in [0.4, 0.5) is 30.2 Å². The highest BCUT2D eigenvalue weighted by Crippen LogP contribution is 2.59. The molecule has 0 aromatic heterocycles. The van der Waals surface area contributed by atoms with E-state index in [1.54, 1.807) is 13.2 Å². The number of hydrogen-bond acceptors (Lipinski definition) is 8. The molecule has 0 spiro atoms. The number of halogens is 3. The zero-order valence-corrected chi connectivity index (χ0v) is 33.7. The van der Waals surface area contributed by atoms with E-state index >= 15 is 0 Å². The Balaban J connectivity index is 1.20. The minimum atomic E-state index is -4.48. The van der Waals surface area contributed by atoms with Crippen LogP contribution in [0.5, 0.6) is 11.5 Å². The molecule has 5 aromatic rings. The van der Waals surface area contributed by atoms with Crippen molar-refractivity contribution in [2.45, 2.75) is 31.0 Å². The minimum Gasteiger partial charge on any atom is -0.495 e. The second-order valence-electron chi connectivity index (χ2n) is 16.5. The van der Waals surface area contributed by atoms with E-state index in [4.69, 9.17) is 23.7 Å². The summed E-state index contributed by atoms with van der Waals surface area (Å²) in [5, 5.41) is 1.74. The fraction of sp³-hybridized carbons (Fsp3) is 0.375. The number of nitrogens with zero attached hydrogens (tertiary/aromatic N) is 3. The van der Waals surface area contributed by atoms with Gasteiger partial charge in [-0.25, -0.2) is 0 Å². The molecule has 5 aromatic carbocycles. The van der Waals surface area contributed by atoms with Crippen molar-refractivity contribution in [1.29, 1.82) is 0 Å². The lowest BCUT2D eigenvalue weighted by atomic mass is 9.76. The number of fused-ring (bicyclic) bond motifs is 8. The average Bonchev–Trinajstić information content (AvgIpc) is 3.52. The summed E-state index contributed by atoms with van der Waals surface area (Å²) in [5.74, 6) is 1.36. The SMILES string of the molecule is COc1cc2c3c(c4c(c2cc1N1CCOCC1)-c1ccc(C(F)(F)F)cc1C4(C)C)C=CC(c1ccc(N2CCOCC2)cc1)(c1ccc(N2CCOCC2)cc1)O3. The van der Waals surface area contributed by atoms with E-state index in [9.17, 15) is 13.2 Å². The molecule has 0 radical (unpaired) electrons. The number of ether oxygens (including phenoxy) is 5. The second-order valence-corrected chi connectivity index (χ2v) is 16.5. The molecule has 0 amide bonds. The summed E-state index contributed by atoms with van der Waals surface area (Å²) in [5.41, 5.74) is 6.76. The first-order valence-corrected chi connectivity index (χ1v) is 20.6. The van der Waals surface area contributed by atoms with Crippen LogP contribution in [0.25, 0.3) is 28.0 Å². The second kappa shape index (κ2) is 14.5. The standard InChI is InChI=1S/C48H48F3N3O5/c1-46(2)40-28-33(48(49,50)51)8-13-36(40)43-38-29-41(54-20-26-58-27-21-54)42(55-3)30-39(38)45-37(44(43)46)14-15-47(59-45,31-4-9-34(10-5-31)52-16-22-56-23-17-52)32-6-11-35(12-7-32)53-18-24-57-25-19-53/h4-15,28-30H,16-27H2,1-3H3. The first-order valence-electron chi connectivity index (χ1n) is 20.6. The van der Waals surface area contributed by atoms with Crippen LogP contribution in [0.2, 0.25) is 0 Å². The van der Waals surface area contributed by atoms with Gasteiger partial charge in [-0.3, -0.25) is 0 Å². The van der Waals surface area contributed by atoms with Crippen molar-refractivity contribution in [3.05, 3.63) is 118 Å². The number of anilines is 3. The van der Waals surface area contributed by atoms with Crippen molar-refractivity contribution in [1.82, 2.24) is 0 Å². The molecule has 3 saturated heterocycles. The lowest BCUT2D eigenvalue weighted by Crippen LogP contribution is -2.37. The molecule has 4 heterocycles. The molecule has 0 bridgehead atoms. The van der Waals surface area contributed by atoms with Gasteiger partial charge in [-0.1, -0.05) is 50.3 Å². The minimum absolute atomic E-state index is 0.588. The highest BCUT2D eigenvalue weighted by molar-refractivity contribution is 6.10. The first kappa shape index (κ1) is 38.0. The van der Waals surface area contributed by atoms with Crippen LogP contribution < -0.4 is 24.2 Å². The monoisotopic (exact) mass is 803 g/mol. The Bertz CT molecular complexity index is 2370. The third-order valence-corrected chi connectivity index (χ3v) is 13.0. The molecule has 11 heteroatoms. The van der Waals surface area contributed by atoms with E-state index in [1.807, 2.05) is 13.8 Å². The number of hydrogen-bond donors (Lipinski definition) is 0. The van der Waals surface area contributed by atoms with Gasteiger partial charge in [0.05, 0.1) is 58.0 Å². The summed E-state index contributed by atoms with van der Waals surface area (Å²) in [6, 6.07) is 25.7. The molecule has 4 aliphatic heterocycles. The van der Waals surface area contributed by atoms with Gasteiger partial charge in [-0.15, -0.1) is 0 Å². The lowest BCUT2D eigenvalue weighted by Gasteiger charge is -2.39. The van der Waals surface area contributed by atoms with E-state index in [0.29, 0.717) is 69.8 Å². The van der Waals surface area contributed by atoms with Crippen LogP contribution in [0, 0.1) is 0 Å². The van der Waals surface area contributed by atoms with Crippen molar-refractivity contribution in [2.75, 3.05) is 101 Å². The third kappa shape index (κ3) is 6.31. The van der Waals surface area contributed by atoms with Crippen molar-refractivity contribution in [2.24, 2.45) is 0 Å². The van der Waals surface area contributed by atoms with Crippen molar-refractivity contribution < 1.29 is 36.9 Å². The Morgan fingerprint density at radius 1 is 0.644 bits per heavy atom. The Kier molecular flexibility index (Phi) is 9.34. The van der Waals surface area contributed by atoms with Gasteiger partial charge in [0.15, 0.2) is 5.60 Å². The largest absolute Gasteiger partial charge is 0.495 e. The molecule has 0 saturated carbocycles. The van der Waals surface area contributed by atoms with Crippen molar-refractivity contribution in [3.63, 3.8) is 0 Å². The Hall–Kier alpha value is -5.23. The van der Waals surface area contributed by atoms with Crippen molar-refractivity contribution in [3.8, 4) is 22.6 Å². The fourth-order valence-corrected chi connectivity index (χ4v) is 9.85. The summed E-state index contributed by atoms with van der Waals surface area (Å²) in [7, 11) is 1.68. The number of methoxy groups -OCH3 is 1. The van der Waals surface area contributed by atoms with Crippen molar-refractivity contribution >= 4 is 33.9 Å². The van der Waals surface area contributed by atoms with Gasteiger partial charge >= 0.3 is 6.18 Å². The van der Waals surface area contributed by atoms with Crippen LogP contribution >= 0.6 is 0 Å². The van der Waals surface area contributed by atoms with Gasteiger partial charge in [0.2, 0.25) is 0 Å². The van der Waals surface area contributed by atoms with Crippen LogP contribution in [0.15, 0.2) is 84.9 Å². The van der Waals surface area contributed by atoms with Gasteiger partial charge in [0.25, 0.3) is 0 Å². The Labute approximate surface area is 342 Å². The number of alkyl halides is 3. The summed E-state index contributed by atoms with van der Waals surface area (Å²) < 4.78 is 73.6. The summed E-state index contributed by atoms with van der Waals surface area (Å²) >= 11 is 0.